The molecule has 0 spiro atoms. The maximum atomic E-state index is 11.9. The van der Waals surface area contributed by atoms with Gasteiger partial charge >= 0.3 is 0 Å². The van der Waals surface area contributed by atoms with Crippen molar-refractivity contribution >= 4 is 15.5 Å². The van der Waals surface area contributed by atoms with E-state index in [1.807, 2.05) is 12.1 Å². The highest BCUT2D eigenvalue weighted by Crippen LogP contribution is 2.27. The van der Waals surface area contributed by atoms with Crippen LogP contribution in [-0.2, 0) is 29.9 Å². The van der Waals surface area contributed by atoms with Crippen molar-refractivity contribution < 1.29 is 8.42 Å². The van der Waals surface area contributed by atoms with Crippen molar-refractivity contribution in [3.63, 3.8) is 0 Å². The molecule has 0 bridgehead atoms. The number of hydrogen-bond acceptors (Lipinski definition) is 4. The zero-order chi connectivity index (χ0) is 17.5. The zero-order valence-electron chi connectivity index (χ0n) is 14.8. The molecule has 0 amide bonds. The van der Waals surface area contributed by atoms with Gasteiger partial charge in [0.05, 0.1) is 22.9 Å². The molecule has 3 rings (SSSR count). The van der Waals surface area contributed by atoms with Crippen LogP contribution in [0.3, 0.4) is 0 Å². The van der Waals surface area contributed by atoms with Crippen LogP contribution in [-0.4, -0.2) is 30.3 Å². The lowest BCUT2D eigenvalue weighted by molar-refractivity contribution is 0.597. The Morgan fingerprint density at radius 2 is 1.88 bits per heavy atom. The third-order valence-corrected chi connectivity index (χ3v) is 6.50. The van der Waals surface area contributed by atoms with Crippen molar-refractivity contribution in [2.24, 2.45) is 7.05 Å². The first-order chi connectivity index (χ1) is 11.3. The van der Waals surface area contributed by atoms with Gasteiger partial charge in [-0.15, -0.1) is 0 Å². The molecular formula is C18H25N3O2S. The Balaban J connectivity index is 1.84. The molecule has 0 fully saturated rings. The first-order valence-electron chi connectivity index (χ1n) is 8.45. The van der Waals surface area contributed by atoms with Crippen LogP contribution < -0.4 is 4.90 Å². The minimum atomic E-state index is -3.14. The number of hydrogen-bond donors (Lipinski definition) is 0. The van der Waals surface area contributed by atoms with Crippen molar-refractivity contribution in [1.82, 2.24) is 9.55 Å². The highest BCUT2D eigenvalue weighted by Gasteiger charge is 2.24. The Morgan fingerprint density at radius 3 is 2.46 bits per heavy atom. The van der Waals surface area contributed by atoms with Crippen molar-refractivity contribution in [3.8, 4) is 0 Å². The van der Waals surface area contributed by atoms with E-state index in [-0.39, 0.29) is 5.75 Å². The fourth-order valence-electron chi connectivity index (χ4n) is 3.32. The van der Waals surface area contributed by atoms with Gasteiger partial charge in [-0.3, -0.25) is 0 Å². The number of benzene rings is 1. The summed E-state index contributed by atoms with van der Waals surface area (Å²) in [6, 6.07) is 7.23. The molecule has 0 unspecified atom stereocenters. The van der Waals surface area contributed by atoms with Crippen molar-refractivity contribution in [3.05, 3.63) is 41.5 Å². The number of rotatable bonds is 4. The predicted octanol–water partition coefficient (Wildman–Crippen LogP) is 2.90. The van der Waals surface area contributed by atoms with Crippen LogP contribution >= 0.6 is 0 Å². The third kappa shape index (κ3) is 2.95. The summed E-state index contributed by atoms with van der Waals surface area (Å²) in [6.45, 7) is 7.69. The van der Waals surface area contributed by atoms with E-state index in [2.05, 4.69) is 30.4 Å². The number of imidazole rings is 1. The van der Waals surface area contributed by atoms with Crippen molar-refractivity contribution in [2.75, 3.05) is 17.2 Å². The van der Waals surface area contributed by atoms with Gasteiger partial charge < -0.3 is 9.47 Å². The SMILES string of the molecule is CCS(=O)(=O)c1ccc(N2CCc3c(nc(C(C)C)n3C)C2)cc1. The summed E-state index contributed by atoms with van der Waals surface area (Å²) >= 11 is 0. The molecule has 0 radical (unpaired) electrons. The molecule has 2 aromatic rings. The van der Waals surface area contributed by atoms with E-state index < -0.39 is 9.84 Å². The van der Waals surface area contributed by atoms with E-state index in [4.69, 9.17) is 4.98 Å². The molecule has 0 N–H and O–H groups in total. The fraction of sp³-hybridized carbons (Fsp3) is 0.500. The standard InChI is InChI=1S/C18H25N3O2S/c1-5-24(22,23)15-8-6-14(7-9-15)21-11-10-17-16(12-21)19-18(13(2)3)20(17)4/h6-9,13H,5,10-12H2,1-4H3. The van der Waals surface area contributed by atoms with Crippen molar-refractivity contribution in [1.29, 1.82) is 0 Å². The van der Waals surface area contributed by atoms with Gasteiger partial charge in [-0.25, -0.2) is 13.4 Å². The second-order valence-electron chi connectivity index (χ2n) is 6.65. The molecule has 0 saturated carbocycles. The summed E-state index contributed by atoms with van der Waals surface area (Å²) in [5.41, 5.74) is 3.50. The molecule has 1 aromatic carbocycles. The summed E-state index contributed by atoms with van der Waals surface area (Å²) in [4.78, 5) is 7.48. The summed E-state index contributed by atoms with van der Waals surface area (Å²) in [5, 5.41) is 0. The van der Waals surface area contributed by atoms with E-state index in [1.165, 1.54) is 5.69 Å². The topological polar surface area (TPSA) is 55.2 Å². The van der Waals surface area contributed by atoms with Gasteiger partial charge in [0.1, 0.15) is 5.82 Å². The maximum Gasteiger partial charge on any atom is 0.178 e. The van der Waals surface area contributed by atoms with E-state index in [1.54, 1.807) is 19.1 Å². The Labute approximate surface area is 144 Å². The molecule has 1 aliphatic rings. The van der Waals surface area contributed by atoms with Crippen LogP contribution in [0.5, 0.6) is 0 Å². The summed E-state index contributed by atoms with van der Waals surface area (Å²) < 4.78 is 26.1. The second-order valence-corrected chi connectivity index (χ2v) is 8.92. The van der Waals surface area contributed by atoms with Crippen LogP contribution in [0.15, 0.2) is 29.2 Å². The third-order valence-electron chi connectivity index (χ3n) is 4.75. The minimum absolute atomic E-state index is 0.130. The van der Waals surface area contributed by atoms with Crippen LogP contribution in [0.2, 0.25) is 0 Å². The Bertz CT molecular complexity index is 836. The normalized spacial score (nSPS) is 15.0. The molecule has 1 aliphatic heterocycles. The molecule has 1 aromatic heterocycles. The van der Waals surface area contributed by atoms with E-state index in [0.717, 1.165) is 36.7 Å². The van der Waals surface area contributed by atoms with Gasteiger partial charge in [0, 0.05) is 37.3 Å². The molecule has 5 nitrogen and oxygen atoms in total. The largest absolute Gasteiger partial charge is 0.365 e. The number of anilines is 1. The molecule has 0 saturated heterocycles. The highest BCUT2D eigenvalue weighted by molar-refractivity contribution is 7.91. The molecule has 130 valence electrons. The smallest absolute Gasteiger partial charge is 0.178 e. The molecule has 2 heterocycles. The molecule has 24 heavy (non-hydrogen) atoms. The number of fused-ring (bicyclic) bond motifs is 1. The van der Waals surface area contributed by atoms with Gasteiger partial charge in [0.15, 0.2) is 9.84 Å². The monoisotopic (exact) mass is 347 g/mol. The summed E-state index contributed by atoms with van der Waals surface area (Å²) in [5.74, 6) is 1.67. The van der Waals surface area contributed by atoms with Gasteiger partial charge in [-0.2, -0.15) is 0 Å². The summed E-state index contributed by atoms with van der Waals surface area (Å²) in [6.07, 6.45) is 0.959. The van der Waals surface area contributed by atoms with Crippen molar-refractivity contribution in [2.45, 2.75) is 44.6 Å². The van der Waals surface area contributed by atoms with Gasteiger partial charge in [0.2, 0.25) is 0 Å². The first-order valence-corrected chi connectivity index (χ1v) is 10.1. The Hall–Kier alpha value is -1.82. The lowest BCUT2D eigenvalue weighted by atomic mass is 10.1. The Kier molecular flexibility index (Phi) is 4.42. The molecule has 6 heteroatoms. The van der Waals surface area contributed by atoms with Gasteiger partial charge in [-0.1, -0.05) is 20.8 Å². The van der Waals surface area contributed by atoms with E-state index in [9.17, 15) is 8.42 Å². The minimum Gasteiger partial charge on any atom is -0.365 e. The number of sulfone groups is 1. The van der Waals surface area contributed by atoms with Crippen LogP contribution in [0.1, 0.15) is 43.9 Å². The summed E-state index contributed by atoms with van der Waals surface area (Å²) in [7, 11) is -1.04. The first kappa shape index (κ1) is 17.0. The molecule has 0 atom stereocenters. The Morgan fingerprint density at radius 1 is 1.21 bits per heavy atom. The highest BCUT2D eigenvalue weighted by atomic mass is 32.2. The molecular weight excluding hydrogens is 322 g/mol. The predicted molar refractivity (Wildman–Crippen MR) is 96.2 cm³/mol. The average Bonchev–Trinajstić information content (AvgIpc) is 2.91. The number of nitrogens with zero attached hydrogens (tertiary/aromatic N) is 3. The maximum absolute atomic E-state index is 11.9. The average molecular weight is 347 g/mol. The lowest BCUT2D eigenvalue weighted by Gasteiger charge is -2.29. The fourth-order valence-corrected chi connectivity index (χ4v) is 4.20. The van der Waals surface area contributed by atoms with E-state index >= 15 is 0 Å². The quantitative estimate of drug-likeness (QED) is 0.853. The van der Waals surface area contributed by atoms with Gasteiger partial charge in [-0.05, 0) is 24.3 Å². The molecule has 0 aliphatic carbocycles. The van der Waals surface area contributed by atoms with E-state index in [0.29, 0.717) is 10.8 Å². The van der Waals surface area contributed by atoms with Crippen LogP contribution in [0, 0.1) is 0 Å². The van der Waals surface area contributed by atoms with Gasteiger partial charge in [0.25, 0.3) is 0 Å². The second kappa shape index (κ2) is 6.24. The zero-order valence-corrected chi connectivity index (χ0v) is 15.6. The lowest BCUT2D eigenvalue weighted by Crippen LogP contribution is -2.31. The number of aromatic nitrogens is 2. The van der Waals surface area contributed by atoms with Crippen LogP contribution in [0.4, 0.5) is 5.69 Å². The van der Waals surface area contributed by atoms with Crippen LogP contribution in [0.25, 0.3) is 0 Å².